The van der Waals surface area contributed by atoms with Crippen LogP contribution in [0.25, 0.3) is 0 Å². The zero-order valence-electron chi connectivity index (χ0n) is 12.6. The van der Waals surface area contributed by atoms with Crippen molar-refractivity contribution in [1.82, 2.24) is 0 Å². The smallest absolute Gasteiger partial charge is 0.229 e. The molecule has 2 unspecified atom stereocenters. The third-order valence-electron chi connectivity index (χ3n) is 3.85. The molecule has 0 fully saturated rings. The van der Waals surface area contributed by atoms with E-state index < -0.39 is 0 Å². The molecule has 0 aliphatic carbocycles. The molecule has 0 spiro atoms. The van der Waals surface area contributed by atoms with Crippen LogP contribution >= 0.6 is 0 Å². The molecular weight excluding hydrogens is 276 g/mol. The van der Waals surface area contributed by atoms with Crippen LogP contribution in [0.15, 0.2) is 54.6 Å². The summed E-state index contributed by atoms with van der Waals surface area (Å²) in [4.78, 5) is 14.5. The number of fused-ring (bicyclic) bond motifs is 1. The number of para-hydroxylation sites is 2. The first kappa shape index (κ1) is 14.6. The van der Waals surface area contributed by atoms with Gasteiger partial charge in [0.15, 0.2) is 0 Å². The summed E-state index contributed by atoms with van der Waals surface area (Å²) >= 11 is 0. The molecular formula is C18H20N2O2. The van der Waals surface area contributed by atoms with Crippen LogP contribution in [-0.2, 0) is 4.79 Å². The molecule has 2 atom stereocenters. The molecule has 114 valence electrons. The molecule has 0 radical (unpaired) electrons. The molecule has 2 aromatic rings. The molecule has 0 saturated carbocycles. The van der Waals surface area contributed by atoms with Crippen molar-refractivity contribution >= 4 is 11.6 Å². The van der Waals surface area contributed by atoms with E-state index in [1.165, 1.54) is 0 Å². The lowest BCUT2D eigenvalue weighted by molar-refractivity contribution is -0.119. The fourth-order valence-corrected chi connectivity index (χ4v) is 2.74. The van der Waals surface area contributed by atoms with Crippen LogP contribution in [0.1, 0.15) is 24.9 Å². The second-order valence-electron chi connectivity index (χ2n) is 5.62. The van der Waals surface area contributed by atoms with Crippen molar-refractivity contribution in [2.24, 2.45) is 5.73 Å². The summed E-state index contributed by atoms with van der Waals surface area (Å²) in [6, 6.07) is 17.1. The monoisotopic (exact) mass is 296 g/mol. The van der Waals surface area contributed by atoms with Gasteiger partial charge in [0.2, 0.25) is 5.91 Å². The highest BCUT2D eigenvalue weighted by molar-refractivity contribution is 5.95. The highest BCUT2D eigenvalue weighted by Gasteiger charge is 2.28. The second-order valence-corrected chi connectivity index (χ2v) is 5.62. The molecule has 1 aliphatic rings. The Balaban J connectivity index is 1.78. The van der Waals surface area contributed by atoms with E-state index in [0.29, 0.717) is 6.54 Å². The number of nitrogens with zero attached hydrogens (tertiary/aromatic N) is 1. The number of hydrogen-bond donors (Lipinski definition) is 1. The van der Waals surface area contributed by atoms with Gasteiger partial charge in [-0.25, -0.2) is 0 Å². The Morgan fingerprint density at radius 3 is 2.68 bits per heavy atom. The summed E-state index contributed by atoms with van der Waals surface area (Å²) in [5, 5.41) is 0. The molecule has 22 heavy (non-hydrogen) atoms. The minimum absolute atomic E-state index is 0.0215. The molecule has 2 aromatic carbocycles. The van der Waals surface area contributed by atoms with Gasteiger partial charge >= 0.3 is 0 Å². The SMILES string of the molecule is CC1CN(C(=O)CC(N)c2ccccc2)c2ccccc2O1. The molecule has 0 aromatic heterocycles. The number of anilines is 1. The van der Waals surface area contributed by atoms with Crippen LogP contribution in [0, 0.1) is 0 Å². The van der Waals surface area contributed by atoms with Gasteiger partial charge < -0.3 is 15.4 Å². The van der Waals surface area contributed by atoms with E-state index in [1.54, 1.807) is 4.90 Å². The van der Waals surface area contributed by atoms with Crippen molar-refractivity contribution in [2.75, 3.05) is 11.4 Å². The number of nitrogens with two attached hydrogens (primary N) is 1. The summed E-state index contributed by atoms with van der Waals surface area (Å²) in [6.45, 7) is 2.52. The topological polar surface area (TPSA) is 55.6 Å². The number of ether oxygens (including phenoxy) is 1. The van der Waals surface area contributed by atoms with Crippen molar-refractivity contribution in [3.8, 4) is 5.75 Å². The van der Waals surface area contributed by atoms with Crippen molar-refractivity contribution in [2.45, 2.75) is 25.5 Å². The maximum absolute atomic E-state index is 12.7. The minimum Gasteiger partial charge on any atom is -0.487 e. The summed E-state index contributed by atoms with van der Waals surface area (Å²) < 4.78 is 5.78. The van der Waals surface area contributed by atoms with Gasteiger partial charge in [-0.1, -0.05) is 42.5 Å². The third kappa shape index (κ3) is 2.97. The van der Waals surface area contributed by atoms with Gasteiger partial charge in [-0.15, -0.1) is 0 Å². The molecule has 4 heteroatoms. The number of carbonyl (C=O) groups is 1. The number of hydrogen-bond acceptors (Lipinski definition) is 3. The van der Waals surface area contributed by atoms with E-state index in [4.69, 9.17) is 10.5 Å². The standard InChI is InChI=1S/C18H20N2O2/c1-13-12-20(16-9-5-6-10-17(16)22-13)18(21)11-15(19)14-7-3-2-4-8-14/h2-10,13,15H,11-12,19H2,1H3. The average Bonchev–Trinajstić information content (AvgIpc) is 2.54. The van der Waals surface area contributed by atoms with Crippen molar-refractivity contribution in [1.29, 1.82) is 0 Å². The zero-order valence-corrected chi connectivity index (χ0v) is 12.6. The van der Waals surface area contributed by atoms with E-state index >= 15 is 0 Å². The van der Waals surface area contributed by atoms with Crippen LogP contribution in [0.3, 0.4) is 0 Å². The van der Waals surface area contributed by atoms with Gasteiger partial charge in [0.05, 0.1) is 12.2 Å². The third-order valence-corrected chi connectivity index (χ3v) is 3.85. The van der Waals surface area contributed by atoms with Gasteiger partial charge in [0.1, 0.15) is 11.9 Å². The molecule has 4 nitrogen and oxygen atoms in total. The Morgan fingerprint density at radius 2 is 1.91 bits per heavy atom. The second kappa shape index (κ2) is 6.20. The predicted octanol–water partition coefficient (Wildman–Crippen LogP) is 2.89. The van der Waals surface area contributed by atoms with E-state index in [1.807, 2.05) is 61.5 Å². The minimum atomic E-state index is -0.293. The molecule has 2 N–H and O–H groups in total. The highest BCUT2D eigenvalue weighted by atomic mass is 16.5. The van der Waals surface area contributed by atoms with Crippen LogP contribution in [0.4, 0.5) is 5.69 Å². The molecule has 1 heterocycles. The maximum Gasteiger partial charge on any atom is 0.229 e. The quantitative estimate of drug-likeness (QED) is 0.947. The van der Waals surface area contributed by atoms with E-state index in [-0.39, 0.29) is 24.5 Å². The largest absolute Gasteiger partial charge is 0.487 e. The van der Waals surface area contributed by atoms with Gasteiger partial charge in [-0.05, 0) is 24.6 Å². The lowest BCUT2D eigenvalue weighted by Crippen LogP contribution is -2.43. The number of amides is 1. The van der Waals surface area contributed by atoms with Crippen molar-refractivity contribution in [3.63, 3.8) is 0 Å². The van der Waals surface area contributed by atoms with E-state index in [9.17, 15) is 4.79 Å². The van der Waals surface area contributed by atoms with Crippen LogP contribution < -0.4 is 15.4 Å². The molecule has 1 aliphatic heterocycles. The first-order valence-corrected chi connectivity index (χ1v) is 7.51. The fourth-order valence-electron chi connectivity index (χ4n) is 2.74. The van der Waals surface area contributed by atoms with Gasteiger partial charge in [0, 0.05) is 12.5 Å². The Kier molecular flexibility index (Phi) is 4.11. The number of rotatable bonds is 3. The summed E-state index contributed by atoms with van der Waals surface area (Å²) in [5.41, 5.74) is 7.98. The normalized spacial score (nSPS) is 18.3. The van der Waals surface area contributed by atoms with Gasteiger partial charge in [-0.3, -0.25) is 4.79 Å². The van der Waals surface area contributed by atoms with Gasteiger partial charge in [0.25, 0.3) is 0 Å². The van der Waals surface area contributed by atoms with Crippen molar-refractivity contribution < 1.29 is 9.53 Å². The molecule has 0 saturated heterocycles. The molecule has 0 bridgehead atoms. The number of carbonyl (C=O) groups excluding carboxylic acids is 1. The van der Waals surface area contributed by atoms with Crippen LogP contribution in [-0.4, -0.2) is 18.6 Å². The first-order valence-electron chi connectivity index (χ1n) is 7.51. The number of benzene rings is 2. The van der Waals surface area contributed by atoms with Crippen molar-refractivity contribution in [3.05, 3.63) is 60.2 Å². The predicted molar refractivity (Wildman–Crippen MR) is 86.9 cm³/mol. The average molecular weight is 296 g/mol. The fraction of sp³-hybridized carbons (Fsp3) is 0.278. The Labute approximate surface area is 130 Å². The maximum atomic E-state index is 12.7. The Morgan fingerprint density at radius 1 is 1.23 bits per heavy atom. The summed E-state index contributed by atoms with van der Waals surface area (Å²) in [7, 11) is 0. The zero-order chi connectivity index (χ0) is 15.5. The van der Waals surface area contributed by atoms with E-state index in [2.05, 4.69) is 0 Å². The van der Waals surface area contributed by atoms with Crippen LogP contribution in [0.2, 0.25) is 0 Å². The highest BCUT2D eigenvalue weighted by Crippen LogP contribution is 2.33. The molecule has 3 rings (SSSR count). The lowest BCUT2D eigenvalue weighted by atomic mass is 10.0. The first-order chi connectivity index (χ1) is 10.6. The summed E-state index contributed by atoms with van der Waals surface area (Å²) in [6.07, 6.45) is 0.261. The van der Waals surface area contributed by atoms with Crippen LogP contribution in [0.5, 0.6) is 5.75 Å². The summed E-state index contributed by atoms with van der Waals surface area (Å²) in [5.74, 6) is 0.779. The molecule has 1 amide bonds. The Bertz CT molecular complexity index is 657. The van der Waals surface area contributed by atoms with E-state index in [0.717, 1.165) is 17.0 Å². The van der Waals surface area contributed by atoms with Gasteiger partial charge in [-0.2, -0.15) is 0 Å². The Hall–Kier alpha value is -2.33. The lowest BCUT2D eigenvalue weighted by Gasteiger charge is -2.34.